The van der Waals surface area contributed by atoms with Crippen LogP contribution in [0.4, 0.5) is 14.5 Å². The maximum atomic E-state index is 12.3. The summed E-state index contributed by atoms with van der Waals surface area (Å²) in [6, 6.07) is 0.553. The van der Waals surface area contributed by atoms with Crippen molar-refractivity contribution >= 4 is 11.6 Å². The fraction of sp³-hybridized carbons (Fsp3) is 0.250. The van der Waals surface area contributed by atoms with Crippen LogP contribution in [0, 0.1) is 17.0 Å². The van der Waals surface area contributed by atoms with Crippen molar-refractivity contribution in [2.45, 2.75) is 13.3 Å². The Morgan fingerprint density at radius 3 is 2.56 bits per heavy atom. The van der Waals surface area contributed by atoms with Crippen LogP contribution < -0.4 is 5.73 Å². The number of amides is 1. The molecule has 0 unspecified atom stereocenters. The lowest BCUT2D eigenvalue weighted by Gasteiger charge is -2.05. The summed E-state index contributed by atoms with van der Waals surface area (Å²) in [7, 11) is 0. The third-order valence-corrected chi connectivity index (χ3v) is 1.87. The number of carbonyl (C=O) groups excluding carboxylic acids is 1. The van der Waals surface area contributed by atoms with E-state index in [-0.39, 0.29) is 5.69 Å². The van der Waals surface area contributed by atoms with Crippen LogP contribution in [0.1, 0.15) is 28.2 Å². The SMILES string of the molecule is Cc1nc(C(F)F)cc([N+](=O)[O-])c1C(N)=O. The van der Waals surface area contributed by atoms with Gasteiger partial charge in [-0.25, -0.2) is 8.78 Å². The van der Waals surface area contributed by atoms with Crippen molar-refractivity contribution in [3.63, 3.8) is 0 Å². The zero-order valence-electron chi connectivity index (χ0n) is 8.11. The largest absolute Gasteiger partial charge is 0.365 e. The fourth-order valence-corrected chi connectivity index (χ4v) is 1.24. The Balaban J connectivity index is 3.52. The van der Waals surface area contributed by atoms with E-state index in [0.717, 1.165) is 0 Å². The molecule has 0 aromatic carbocycles. The van der Waals surface area contributed by atoms with Gasteiger partial charge in [-0.2, -0.15) is 0 Å². The normalized spacial score (nSPS) is 10.5. The van der Waals surface area contributed by atoms with Gasteiger partial charge >= 0.3 is 0 Å². The topological polar surface area (TPSA) is 99.1 Å². The molecule has 0 aliphatic heterocycles. The number of nitrogens with two attached hydrogens (primary N) is 1. The molecular formula is C8H7F2N3O3. The molecule has 8 heteroatoms. The van der Waals surface area contributed by atoms with Crippen LogP contribution in [-0.2, 0) is 0 Å². The number of primary amides is 1. The number of carbonyl (C=O) groups is 1. The molecule has 0 spiro atoms. The lowest BCUT2D eigenvalue weighted by atomic mass is 10.1. The highest BCUT2D eigenvalue weighted by Gasteiger charge is 2.25. The summed E-state index contributed by atoms with van der Waals surface area (Å²) in [6.07, 6.45) is -2.95. The molecule has 0 aliphatic rings. The Hall–Kier alpha value is -2.12. The lowest BCUT2D eigenvalue weighted by Crippen LogP contribution is -2.17. The summed E-state index contributed by atoms with van der Waals surface area (Å²) in [6.45, 7) is 1.21. The quantitative estimate of drug-likeness (QED) is 0.626. The molecule has 1 aromatic rings. The second kappa shape index (κ2) is 4.17. The summed E-state index contributed by atoms with van der Waals surface area (Å²) in [5, 5.41) is 10.6. The standard InChI is InChI=1S/C8H7F2N3O3/c1-3-6(8(11)14)5(13(15)16)2-4(12-3)7(9)10/h2,7H,1H3,(H2,11,14). The average molecular weight is 231 g/mol. The third kappa shape index (κ3) is 2.10. The molecule has 2 N–H and O–H groups in total. The average Bonchev–Trinajstić information content (AvgIpc) is 2.15. The molecule has 1 amide bonds. The highest BCUT2D eigenvalue weighted by atomic mass is 19.3. The Morgan fingerprint density at radius 2 is 2.19 bits per heavy atom. The van der Waals surface area contributed by atoms with Crippen LogP contribution in [-0.4, -0.2) is 15.8 Å². The number of hydrogen-bond acceptors (Lipinski definition) is 4. The van der Waals surface area contributed by atoms with Gasteiger partial charge in [-0.15, -0.1) is 0 Å². The Bertz CT molecular complexity index is 462. The number of nitro groups is 1. The Labute approximate surface area is 88.2 Å². The zero-order valence-corrected chi connectivity index (χ0v) is 8.11. The molecule has 1 aromatic heterocycles. The van der Waals surface area contributed by atoms with Crippen molar-refractivity contribution in [1.82, 2.24) is 4.98 Å². The first-order chi connectivity index (χ1) is 7.34. The summed E-state index contributed by atoms with van der Waals surface area (Å²) in [5.41, 5.74) is 2.77. The van der Waals surface area contributed by atoms with Crippen LogP contribution in [0.2, 0.25) is 0 Å². The van der Waals surface area contributed by atoms with Crippen molar-refractivity contribution < 1.29 is 18.5 Å². The fourth-order valence-electron chi connectivity index (χ4n) is 1.24. The van der Waals surface area contributed by atoms with Crippen molar-refractivity contribution in [3.8, 4) is 0 Å². The molecule has 0 bridgehead atoms. The summed E-state index contributed by atoms with van der Waals surface area (Å²) in [5.74, 6) is -1.07. The summed E-state index contributed by atoms with van der Waals surface area (Å²) in [4.78, 5) is 23.9. The van der Waals surface area contributed by atoms with Crippen LogP contribution in [0.3, 0.4) is 0 Å². The maximum absolute atomic E-state index is 12.3. The van der Waals surface area contributed by atoms with Gasteiger partial charge in [0.15, 0.2) is 0 Å². The first-order valence-corrected chi connectivity index (χ1v) is 4.08. The van der Waals surface area contributed by atoms with Gasteiger partial charge < -0.3 is 5.73 Å². The van der Waals surface area contributed by atoms with E-state index in [9.17, 15) is 23.7 Å². The van der Waals surface area contributed by atoms with E-state index in [1.807, 2.05) is 0 Å². The molecular weight excluding hydrogens is 224 g/mol. The molecule has 6 nitrogen and oxygen atoms in total. The number of rotatable bonds is 3. The van der Waals surface area contributed by atoms with E-state index in [1.165, 1.54) is 6.92 Å². The maximum Gasteiger partial charge on any atom is 0.286 e. The number of alkyl halides is 2. The summed E-state index contributed by atoms with van der Waals surface area (Å²) >= 11 is 0. The number of aromatic nitrogens is 1. The van der Waals surface area contributed by atoms with Gasteiger partial charge in [0.2, 0.25) is 0 Å². The van der Waals surface area contributed by atoms with Crippen LogP contribution in [0.15, 0.2) is 6.07 Å². The van der Waals surface area contributed by atoms with Crippen LogP contribution in [0.25, 0.3) is 0 Å². The molecule has 1 rings (SSSR count). The highest BCUT2D eigenvalue weighted by molar-refractivity contribution is 5.97. The minimum atomic E-state index is -2.95. The lowest BCUT2D eigenvalue weighted by molar-refractivity contribution is -0.385. The van der Waals surface area contributed by atoms with E-state index in [0.29, 0.717) is 6.07 Å². The molecule has 0 saturated heterocycles. The number of pyridine rings is 1. The number of hydrogen-bond donors (Lipinski definition) is 1. The van der Waals surface area contributed by atoms with E-state index >= 15 is 0 Å². The van der Waals surface area contributed by atoms with Gasteiger partial charge in [0, 0.05) is 6.07 Å². The predicted octanol–water partition coefficient (Wildman–Crippen LogP) is 1.33. The Morgan fingerprint density at radius 1 is 1.62 bits per heavy atom. The Kier molecular flexibility index (Phi) is 3.11. The van der Waals surface area contributed by atoms with Crippen molar-refractivity contribution in [1.29, 1.82) is 0 Å². The molecule has 0 aliphatic carbocycles. The predicted molar refractivity (Wildman–Crippen MR) is 49.1 cm³/mol. The smallest absolute Gasteiger partial charge is 0.286 e. The van der Waals surface area contributed by atoms with Crippen molar-refractivity contribution in [2.75, 3.05) is 0 Å². The van der Waals surface area contributed by atoms with Crippen molar-refractivity contribution in [3.05, 3.63) is 33.1 Å². The van der Waals surface area contributed by atoms with Crippen LogP contribution >= 0.6 is 0 Å². The van der Waals surface area contributed by atoms with E-state index in [1.54, 1.807) is 0 Å². The van der Waals surface area contributed by atoms with Gasteiger partial charge in [-0.3, -0.25) is 19.9 Å². The van der Waals surface area contributed by atoms with Gasteiger partial charge in [0.05, 0.1) is 10.6 Å². The van der Waals surface area contributed by atoms with Crippen LogP contribution in [0.5, 0.6) is 0 Å². The van der Waals surface area contributed by atoms with Gasteiger partial charge in [-0.05, 0) is 6.92 Å². The second-order valence-electron chi connectivity index (χ2n) is 2.95. The molecule has 16 heavy (non-hydrogen) atoms. The second-order valence-corrected chi connectivity index (χ2v) is 2.95. The monoisotopic (exact) mass is 231 g/mol. The minimum absolute atomic E-state index is 0.183. The molecule has 86 valence electrons. The minimum Gasteiger partial charge on any atom is -0.365 e. The highest BCUT2D eigenvalue weighted by Crippen LogP contribution is 2.26. The molecule has 0 atom stereocenters. The molecule has 0 radical (unpaired) electrons. The summed E-state index contributed by atoms with van der Waals surface area (Å²) < 4.78 is 24.6. The number of nitrogens with zero attached hydrogens (tertiary/aromatic N) is 2. The van der Waals surface area contributed by atoms with Gasteiger partial charge in [0.1, 0.15) is 11.3 Å². The number of halogens is 2. The number of aryl methyl sites for hydroxylation is 1. The first-order valence-electron chi connectivity index (χ1n) is 4.08. The first kappa shape index (κ1) is 12.0. The van der Waals surface area contributed by atoms with E-state index in [2.05, 4.69) is 4.98 Å². The molecule has 0 saturated carbocycles. The van der Waals surface area contributed by atoms with Crippen molar-refractivity contribution in [2.24, 2.45) is 5.73 Å². The third-order valence-electron chi connectivity index (χ3n) is 1.87. The van der Waals surface area contributed by atoms with Gasteiger partial charge in [-0.1, -0.05) is 0 Å². The van der Waals surface area contributed by atoms with E-state index < -0.39 is 34.2 Å². The zero-order chi connectivity index (χ0) is 12.5. The molecule has 1 heterocycles. The molecule has 0 fully saturated rings. The van der Waals surface area contributed by atoms with E-state index in [4.69, 9.17) is 5.73 Å². The van der Waals surface area contributed by atoms with Gasteiger partial charge in [0.25, 0.3) is 18.0 Å².